The second-order valence-electron chi connectivity index (χ2n) is 7.81. The third-order valence-corrected chi connectivity index (χ3v) is 6.26. The molecule has 0 saturated heterocycles. The van der Waals surface area contributed by atoms with Crippen molar-refractivity contribution in [2.75, 3.05) is 32.1 Å². The molecular weight excluding hydrogens is 366 g/mol. The largest absolute Gasteiger partial charge is 0.308 e. The van der Waals surface area contributed by atoms with Crippen molar-refractivity contribution in [3.8, 4) is 0 Å². The second-order valence-corrected chi connectivity index (χ2v) is 8.82. The lowest BCUT2D eigenvalue weighted by Crippen LogP contribution is -2.37. The molecule has 4 nitrogen and oxygen atoms in total. The summed E-state index contributed by atoms with van der Waals surface area (Å²) >= 11 is 1.60. The minimum Gasteiger partial charge on any atom is -0.308 e. The second kappa shape index (κ2) is 8.41. The van der Waals surface area contributed by atoms with Gasteiger partial charge in [0, 0.05) is 13.1 Å². The highest BCUT2D eigenvalue weighted by Crippen LogP contribution is 2.32. The van der Waals surface area contributed by atoms with E-state index in [0.29, 0.717) is 13.0 Å². The van der Waals surface area contributed by atoms with Gasteiger partial charge in [0.25, 0.3) is 0 Å². The Morgan fingerprint density at radius 1 is 1.00 bits per heavy atom. The van der Waals surface area contributed by atoms with Crippen molar-refractivity contribution in [1.82, 2.24) is 9.88 Å². The van der Waals surface area contributed by atoms with Crippen molar-refractivity contribution < 1.29 is 4.79 Å². The summed E-state index contributed by atoms with van der Waals surface area (Å²) in [4.78, 5) is 22.1. The molecule has 148 valence electrons. The van der Waals surface area contributed by atoms with Crippen LogP contribution >= 0.6 is 11.3 Å². The number of rotatable bonds is 6. The molecule has 0 saturated carbocycles. The van der Waals surface area contributed by atoms with Gasteiger partial charge in [-0.25, -0.2) is 4.98 Å². The average Bonchev–Trinajstić information content (AvgIpc) is 3.05. The Labute approximate surface area is 171 Å². The summed E-state index contributed by atoms with van der Waals surface area (Å²) in [6.07, 6.45) is 0.396. The summed E-state index contributed by atoms with van der Waals surface area (Å²) in [5, 5.41) is 0.792. The number of aromatic nitrogens is 1. The first-order valence-corrected chi connectivity index (χ1v) is 10.5. The Morgan fingerprint density at radius 2 is 1.75 bits per heavy atom. The third kappa shape index (κ3) is 4.42. The first-order chi connectivity index (χ1) is 13.3. The average molecular weight is 396 g/mol. The Morgan fingerprint density at radius 3 is 2.43 bits per heavy atom. The molecule has 0 spiro atoms. The van der Waals surface area contributed by atoms with E-state index in [1.54, 1.807) is 11.3 Å². The number of benzene rings is 2. The standard InChI is InChI=1S/C23H29N3OS/c1-15-7-9-19(17(3)13-15)14-21(27)26(12-11-25(5)6)23-24-22-18(4)16(2)8-10-20(22)28-23/h7-10,13H,11-12,14H2,1-6H3. The number of fused-ring (bicyclic) bond motifs is 1. The molecule has 1 amide bonds. The van der Waals surface area contributed by atoms with Gasteiger partial charge in [-0.05, 0) is 70.1 Å². The van der Waals surface area contributed by atoms with Crippen LogP contribution < -0.4 is 4.90 Å². The lowest BCUT2D eigenvalue weighted by Gasteiger charge is -2.22. The fourth-order valence-corrected chi connectivity index (χ4v) is 4.33. The SMILES string of the molecule is Cc1ccc(CC(=O)N(CCN(C)C)c2nc3c(C)c(C)ccc3s2)c(C)c1. The zero-order chi connectivity index (χ0) is 20.4. The molecule has 0 aliphatic rings. The number of aryl methyl sites for hydroxylation is 4. The van der Waals surface area contributed by atoms with E-state index in [0.717, 1.165) is 33.0 Å². The minimum absolute atomic E-state index is 0.0993. The number of amides is 1. The Hall–Kier alpha value is -2.24. The summed E-state index contributed by atoms with van der Waals surface area (Å²) < 4.78 is 1.13. The maximum Gasteiger partial charge on any atom is 0.233 e. The number of carbonyl (C=O) groups is 1. The van der Waals surface area contributed by atoms with Crippen LogP contribution in [-0.4, -0.2) is 43.0 Å². The molecule has 2 aromatic carbocycles. The van der Waals surface area contributed by atoms with Gasteiger partial charge < -0.3 is 4.90 Å². The molecule has 28 heavy (non-hydrogen) atoms. The van der Waals surface area contributed by atoms with Gasteiger partial charge in [-0.1, -0.05) is 41.2 Å². The summed E-state index contributed by atoms with van der Waals surface area (Å²) in [7, 11) is 4.05. The molecule has 0 aliphatic carbocycles. The molecule has 0 radical (unpaired) electrons. The van der Waals surface area contributed by atoms with Crippen molar-refractivity contribution in [3.05, 3.63) is 58.1 Å². The van der Waals surface area contributed by atoms with Crippen LogP contribution in [0.1, 0.15) is 27.8 Å². The van der Waals surface area contributed by atoms with E-state index >= 15 is 0 Å². The van der Waals surface area contributed by atoms with Gasteiger partial charge in [0.1, 0.15) is 0 Å². The number of hydrogen-bond acceptors (Lipinski definition) is 4. The summed E-state index contributed by atoms with van der Waals surface area (Å²) in [6, 6.07) is 10.5. The lowest BCUT2D eigenvalue weighted by atomic mass is 10.0. The molecule has 0 bridgehead atoms. The van der Waals surface area contributed by atoms with E-state index in [2.05, 4.69) is 62.9 Å². The quantitative estimate of drug-likeness (QED) is 0.609. The topological polar surface area (TPSA) is 36.4 Å². The van der Waals surface area contributed by atoms with Gasteiger partial charge >= 0.3 is 0 Å². The monoisotopic (exact) mass is 395 g/mol. The number of likely N-dealkylation sites (N-methyl/N-ethyl adjacent to an activating group) is 1. The van der Waals surface area contributed by atoms with Gasteiger partial charge in [0.15, 0.2) is 5.13 Å². The smallest absolute Gasteiger partial charge is 0.233 e. The van der Waals surface area contributed by atoms with Crippen LogP contribution in [0.4, 0.5) is 5.13 Å². The zero-order valence-electron chi connectivity index (χ0n) is 17.7. The molecule has 1 heterocycles. The molecule has 5 heteroatoms. The number of thiazole rings is 1. The zero-order valence-corrected chi connectivity index (χ0v) is 18.5. The van der Waals surface area contributed by atoms with Crippen molar-refractivity contribution in [1.29, 1.82) is 0 Å². The van der Waals surface area contributed by atoms with Crippen LogP contribution in [0.5, 0.6) is 0 Å². The van der Waals surface area contributed by atoms with Gasteiger partial charge in [-0.2, -0.15) is 0 Å². The highest BCUT2D eigenvalue weighted by Gasteiger charge is 2.21. The maximum absolute atomic E-state index is 13.3. The summed E-state index contributed by atoms with van der Waals surface area (Å²) in [5.74, 6) is 0.0993. The highest BCUT2D eigenvalue weighted by atomic mass is 32.1. The molecule has 3 rings (SSSR count). The molecule has 0 N–H and O–H groups in total. The van der Waals surface area contributed by atoms with Gasteiger partial charge in [0.05, 0.1) is 16.6 Å². The Bertz CT molecular complexity index is 1010. The summed E-state index contributed by atoms with van der Waals surface area (Å²) in [5.41, 5.74) is 6.89. The Kier molecular flexibility index (Phi) is 6.16. The predicted octanol–water partition coefficient (Wildman–Crippen LogP) is 4.67. The van der Waals surface area contributed by atoms with E-state index in [9.17, 15) is 4.79 Å². The minimum atomic E-state index is 0.0993. The van der Waals surface area contributed by atoms with Gasteiger partial charge in [-0.3, -0.25) is 9.69 Å². The predicted molar refractivity (Wildman–Crippen MR) is 120 cm³/mol. The van der Waals surface area contributed by atoms with Crippen LogP contribution in [-0.2, 0) is 11.2 Å². The van der Waals surface area contributed by atoms with Crippen molar-refractivity contribution >= 4 is 32.6 Å². The molecular formula is C23H29N3OS. The van der Waals surface area contributed by atoms with Crippen LogP contribution in [0, 0.1) is 27.7 Å². The van der Waals surface area contributed by atoms with Crippen LogP contribution in [0.15, 0.2) is 30.3 Å². The third-order valence-electron chi connectivity index (χ3n) is 5.22. The van der Waals surface area contributed by atoms with E-state index in [1.165, 1.54) is 16.7 Å². The van der Waals surface area contributed by atoms with Crippen LogP contribution in [0.3, 0.4) is 0 Å². The maximum atomic E-state index is 13.3. The van der Waals surface area contributed by atoms with Gasteiger partial charge in [0.2, 0.25) is 5.91 Å². The van der Waals surface area contributed by atoms with Crippen molar-refractivity contribution in [3.63, 3.8) is 0 Å². The van der Waals surface area contributed by atoms with E-state index < -0.39 is 0 Å². The normalized spacial score (nSPS) is 11.4. The van der Waals surface area contributed by atoms with Crippen LogP contribution in [0.25, 0.3) is 10.2 Å². The Balaban J connectivity index is 1.94. The van der Waals surface area contributed by atoms with Crippen molar-refractivity contribution in [2.24, 2.45) is 0 Å². The van der Waals surface area contributed by atoms with Gasteiger partial charge in [-0.15, -0.1) is 0 Å². The fraction of sp³-hybridized carbons (Fsp3) is 0.391. The van der Waals surface area contributed by atoms with Crippen molar-refractivity contribution in [2.45, 2.75) is 34.1 Å². The first kappa shape index (κ1) is 20.5. The number of anilines is 1. The number of carbonyl (C=O) groups excluding carboxylic acids is 1. The molecule has 0 atom stereocenters. The fourth-order valence-electron chi connectivity index (χ4n) is 3.26. The lowest BCUT2D eigenvalue weighted by molar-refractivity contribution is -0.118. The molecule has 3 aromatic rings. The van der Waals surface area contributed by atoms with E-state index in [1.807, 2.05) is 19.0 Å². The highest BCUT2D eigenvalue weighted by molar-refractivity contribution is 7.22. The summed E-state index contributed by atoms with van der Waals surface area (Å²) in [6.45, 7) is 9.78. The van der Waals surface area contributed by atoms with Crippen LogP contribution in [0.2, 0.25) is 0 Å². The molecule has 0 fully saturated rings. The molecule has 1 aromatic heterocycles. The number of nitrogens with zero attached hydrogens (tertiary/aromatic N) is 3. The first-order valence-electron chi connectivity index (χ1n) is 9.64. The van der Waals surface area contributed by atoms with E-state index in [-0.39, 0.29) is 5.91 Å². The van der Waals surface area contributed by atoms with E-state index in [4.69, 9.17) is 4.98 Å². The molecule has 0 aliphatic heterocycles. The number of hydrogen-bond donors (Lipinski definition) is 0. The molecule has 0 unspecified atom stereocenters.